The molecule has 0 aliphatic carbocycles. The van der Waals surface area contributed by atoms with Gasteiger partial charge in [0.15, 0.2) is 0 Å². The molecule has 1 aromatic carbocycles. The molecule has 1 aromatic heterocycles. The fourth-order valence-electron chi connectivity index (χ4n) is 1.46. The number of nitrogens with zero attached hydrogens (tertiary/aromatic N) is 1. The number of hydrogen-bond acceptors (Lipinski definition) is 2. The van der Waals surface area contributed by atoms with Crippen molar-refractivity contribution in [2.24, 2.45) is 5.73 Å². The van der Waals surface area contributed by atoms with Gasteiger partial charge in [0, 0.05) is 18.1 Å². The molecule has 0 aliphatic heterocycles. The van der Waals surface area contributed by atoms with Crippen LogP contribution in [-0.2, 0) is 0 Å². The standard InChI is InChI=1S/C12H12N2/c13-8-3-6-12-11-5-2-1-4-10(11)7-9-14-12/h1-7,9H,8,13H2. The van der Waals surface area contributed by atoms with E-state index in [1.54, 1.807) is 0 Å². The van der Waals surface area contributed by atoms with Crippen molar-refractivity contribution in [3.63, 3.8) is 0 Å². The first-order valence-electron chi connectivity index (χ1n) is 4.62. The van der Waals surface area contributed by atoms with Crippen molar-refractivity contribution in [3.05, 3.63) is 48.3 Å². The molecule has 70 valence electrons. The van der Waals surface area contributed by atoms with E-state index >= 15 is 0 Å². The Labute approximate surface area is 83.1 Å². The number of nitrogens with two attached hydrogens (primary N) is 1. The largest absolute Gasteiger partial charge is 0.327 e. The Morgan fingerprint density at radius 2 is 2.07 bits per heavy atom. The lowest BCUT2D eigenvalue weighted by Gasteiger charge is -1.99. The van der Waals surface area contributed by atoms with Gasteiger partial charge in [0.2, 0.25) is 0 Å². The molecule has 0 bridgehead atoms. The molecule has 14 heavy (non-hydrogen) atoms. The van der Waals surface area contributed by atoms with Crippen LogP contribution in [-0.4, -0.2) is 11.5 Å². The number of aromatic nitrogens is 1. The van der Waals surface area contributed by atoms with E-state index in [4.69, 9.17) is 5.73 Å². The average Bonchev–Trinajstić information content (AvgIpc) is 2.26. The predicted octanol–water partition coefficient (Wildman–Crippen LogP) is 2.21. The number of rotatable bonds is 2. The van der Waals surface area contributed by atoms with E-state index in [9.17, 15) is 0 Å². The van der Waals surface area contributed by atoms with Crippen molar-refractivity contribution >= 4 is 16.8 Å². The molecular weight excluding hydrogens is 172 g/mol. The Morgan fingerprint density at radius 3 is 2.93 bits per heavy atom. The lowest BCUT2D eigenvalue weighted by atomic mass is 10.1. The van der Waals surface area contributed by atoms with Gasteiger partial charge in [-0.1, -0.05) is 30.3 Å². The molecule has 0 radical (unpaired) electrons. The Morgan fingerprint density at radius 1 is 1.21 bits per heavy atom. The maximum absolute atomic E-state index is 5.41. The maximum Gasteiger partial charge on any atom is 0.0705 e. The highest BCUT2D eigenvalue weighted by Crippen LogP contribution is 2.16. The third-order valence-corrected chi connectivity index (χ3v) is 2.12. The first-order valence-corrected chi connectivity index (χ1v) is 4.62. The molecule has 0 atom stereocenters. The first kappa shape index (κ1) is 8.91. The zero-order valence-corrected chi connectivity index (χ0v) is 7.85. The fraction of sp³-hybridized carbons (Fsp3) is 0.0833. The van der Waals surface area contributed by atoms with Gasteiger partial charge in [-0.05, 0) is 17.5 Å². The van der Waals surface area contributed by atoms with Crippen LogP contribution in [0.4, 0.5) is 0 Å². The second-order valence-corrected chi connectivity index (χ2v) is 3.06. The lowest BCUT2D eigenvalue weighted by Crippen LogP contribution is -1.92. The highest BCUT2D eigenvalue weighted by Gasteiger charge is 1.96. The van der Waals surface area contributed by atoms with Crippen molar-refractivity contribution in [1.82, 2.24) is 4.98 Å². The van der Waals surface area contributed by atoms with Gasteiger partial charge >= 0.3 is 0 Å². The highest BCUT2D eigenvalue weighted by molar-refractivity contribution is 5.88. The molecule has 0 saturated carbocycles. The summed E-state index contributed by atoms with van der Waals surface area (Å²) < 4.78 is 0. The molecule has 0 unspecified atom stereocenters. The summed E-state index contributed by atoms with van der Waals surface area (Å²) in [6.45, 7) is 0.547. The van der Waals surface area contributed by atoms with Gasteiger partial charge in [0.1, 0.15) is 0 Å². The second-order valence-electron chi connectivity index (χ2n) is 3.06. The van der Waals surface area contributed by atoms with Crippen molar-refractivity contribution in [2.45, 2.75) is 0 Å². The summed E-state index contributed by atoms with van der Waals surface area (Å²) in [5.74, 6) is 0. The van der Waals surface area contributed by atoms with Crippen LogP contribution in [0.25, 0.3) is 16.8 Å². The third kappa shape index (κ3) is 1.65. The predicted molar refractivity (Wildman–Crippen MR) is 59.8 cm³/mol. The zero-order valence-electron chi connectivity index (χ0n) is 7.85. The van der Waals surface area contributed by atoms with Gasteiger partial charge in [0.25, 0.3) is 0 Å². The molecule has 2 nitrogen and oxygen atoms in total. The van der Waals surface area contributed by atoms with Gasteiger partial charge < -0.3 is 5.73 Å². The molecular formula is C12H12N2. The molecule has 0 saturated heterocycles. The summed E-state index contributed by atoms with van der Waals surface area (Å²) in [5.41, 5.74) is 6.39. The van der Waals surface area contributed by atoms with Crippen molar-refractivity contribution in [1.29, 1.82) is 0 Å². The van der Waals surface area contributed by atoms with Gasteiger partial charge in [-0.15, -0.1) is 0 Å². The molecule has 2 rings (SSSR count). The van der Waals surface area contributed by atoms with E-state index in [1.807, 2.05) is 36.5 Å². The second kappa shape index (κ2) is 4.03. The van der Waals surface area contributed by atoms with E-state index in [0.717, 1.165) is 5.69 Å². The molecule has 0 fully saturated rings. The molecule has 0 aliphatic rings. The smallest absolute Gasteiger partial charge is 0.0705 e. The Bertz CT molecular complexity index is 455. The zero-order chi connectivity index (χ0) is 9.80. The molecule has 1 heterocycles. The van der Waals surface area contributed by atoms with Crippen molar-refractivity contribution in [3.8, 4) is 0 Å². The van der Waals surface area contributed by atoms with Crippen LogP contribution < -0.4 is 5.73 Å². The van der Waals surface area contributed by atoms with Crippen LogP contribution in [0.2, 0.25) is 0 Å². The topological polar surface area (TPSA) is 38.9 Å². The molecule has 2 heteroatoms. The molecule has 2 N–H and O–H groups in total. The van der Waals surface area contributed by atoms with Gasteiger partial charge in [-0.2, -0.15) is 0 Å². The lowest BCUT2D eigenvalue weighted by molar-refractivity contribution is 1.25. The number of benzene rings is 1. The van der Waals surface area contributed by atoms with Crippen LogP contribution >= 0.6 is 0 Å². The summed E-state index contributed by atoms with van der Waals surface area (Å²) in [7, 11) is 0. The van der Waals surface area contributed by atoms with Gasteiger partial charge in [-0.25, -0.2) is 0 Å². The number of hydrogen-bond donors (Lipinski definition) is 1. The van der Waals surface area contributed by atoms with E-state index in [0.29, 0.717) is 6.54 Å². The van der Waals surface area contributed by atoms with E-state index in [2.05, 4.69) is 17.1 Å². The van der Waals surface area contributed by atoms with Gasteiger partial charge in [0.05, 0.1) is 5.69 Å². The monoisotopic (exact) mass is 184 g/mol. The first-order chi connectivity index (χ1) is 6.92. The van der Waals surface area contributed by atoms with Crippen LogP contribution in [0, 0.1) is 0 Å². The fourth-order valence-corrected chi connectivity index (χ4v) is 1.46. The van der Waals surface area contributed by atoms with Crippen LogP contribution in [0.15, 0.2) is 42.6 Å². The van der Waals surface area contributed by atoms with E-state index in [-0.39, 0.29) is 0 Å². The van der Waals surface area contributed by atoms with Gasteiger partial charge in [-0.3, -0.25) is 4.98 Å². The molecule has 2 aromatic rings. The van der Waals surface area contributed by atoms with Crippen molar-refractivity contribution < 1.29 is 0 Å². The summed E-state index contributed by atoms with van der Waals surface area (Å²) in [6.07, 6.45) is 5.69. The number of pyridine rings is 1. The molecule has 0 spiro atoms. The SMILES string of the molecule is NCC=Cc1nccc2ccccc12. The average molecular weight is 184 g/mol. The Balaban J connectivity index is 2.59. The minimum Gasteiger partial charge on any atom is -0.327 e. The third-order valence-electron chi connectivity index (χ3n) is 2.12. The Hall–Kier alpha value is -1.67. The molecule has 0 amide bonds. The van der Waals surface area contributed by atoms with Crippen LogP contribution in [0.5, 0.6) is 0 Å². The van der Waals surface area contributed by atoms with E-state index in [1.165, 1.54) is 10.8 Å². The summed E-state index contributed by atoms with van der Waals surface area (Å²) in [4.78, 5) is 4.30. The summed E-state index contributed by atoms with van der Waals surface area (Å²) >= 11 is 0. The quantitative estimate of drug-likeness (QED) is 0.777. The number of fused-ring (bicyclic) bond motifs is 1. The summed E-state index contributed by atoms with van der Waals surface area (Å²) in [6, 6.07) is 10.2. The maximum atomic E-state index is 5.41. The van der Waals surface area contributed by atoms with E-state index < -0.39 is 0 Å². The minimum absolute atomic E-state index is 0.547. The van der Waals surface area contributed by atoms with Crippen LogP contribution in [0.3, 0.4) is 0 Å². The minimum atomic E-state index is 0.547. The van der Waals surface area contributed by atoms with Crippen LogP contribution in [0.1, 0.15) is 5.69 Å². The summed E-state index contributed by atoms with van der Waals surface area (Å²) in [5, 5.41) is 2.37. The normalized spacial score (nSPS) is 11.2. The van der Waals surface area contributed by atoms with Crippen molar-refractivity contribution in [2.75, 3.05) is 6.54 Å². The Kier molecular flexibility index (Phi) is 2.56. The highest BCUT2D eigenvalue weighted by atomic mass is 14.7.